The maximum absolute atomic E-state index is 5.12. The normalized spacial score (nSPS) is 31.7. The summed E-state index contributed by atoms with van der Waals surface area (Å²) < 4.78 is 10.2. The third-order valence-electron chi connectivity index (χ3n) is 1.22. The van der Waals surface area contributed by atoms with E-state index in [1.54, 1.807) is 0 Å². The van der Waals surface area contributed by atoms with Crippen LogP contribution < -0.4 is 0 Å². The van der Waals surface area contributed by atoms with Gasteiger partial charge in [0.25, 0.3) is 0 Å². The molecule has 0 aliphatic carbocycles. The minimum Gasteiger partial charge on any atom is -0.423 e. The van der Waals surface area contributed by atoms with Crippen LogP contribution in [0.3, 0.4) is 0 Å². The molecule has 0 spiro atoms. The Balaban J connectivity index is 2.14. The van der Waals surface area contributed by atoms with Gasteiger partial charge in [-0.25, -0.2) is 0 Å². The third-order valence-corrected chi connectivity index (χ3v) is 1.89. The summed E-state index contributed by atoms with van der Waals surface area (Å²) in [6.07, 6.45) is 1.54. The molecule has 42 valence electrons. The molecule has 0 aromatic rings. The minimum atomic E-state index is 0.437. The van der Waals surface area contributed by atoms with E-state index in [0.717, 1.165) is 30.1 Å². The van der Waals surface area contributed by atoms with Crippen LogP contribution in [0.5, 0.6) is 0 Å². The monoisotopic (exact) mass is 118 g/mol. The SMILES string of the molecule is [SiH3]OC1CCOC1. The first-order valence-corrected chi connectivity index (χ1v) is 3.35. The standard InChI is InChI=1S/C4H10O2Si/c7-6-4-1-2-5-3-4/h4H,1-3H2,7H3. The minimum absolute atomic E-state index is 0.437. The van der Waals surface area contributed by atoms with E-state index < -0.39 is 0 Å². The lowest BCUT2D eigenvalue weighted by Crippen LogP contribution is -2.08. The van der Waals surface area contributed by atoms with Crippen molar-refractivity contribution in [1.29, 1.82) is 0 Å². The number of ether oxygens (including phenoxy) is 1. The molecule has 0 aromatic carbocycles. The molecule has 1 atom stereocenters. The highest BCUT2D eigenvalue weighted by atomic mass is 28.2. The molecule has 3 heteroatoms. The predicted molar refractivity (Wildman–Crippen MR) is 30.2 cm³/mol. The highest BCUT2D eigenvalue weighted by Gasteiger charge is 2.12. The molecule has 0 radical (unpaired) electrons. The third kappa shape index (κ3) is 1.26. The Morgan fingerprint density at radius 2 is 2.57 bits per heavy atom. The lowest BCUT2D eigenvalue weighted by molar-refractivity contribution is 0.148. The van der Waals surface area contributed by atoms with E-state index in [1.165, 1.54) is 0 Å². The second-order valence-electron chi connectivity index (χ2n) is 1.72. The smallest absolute Gasteiger partial charge is 0.146 e. The van der Waals surface area contributed by atoms with Crippen molar-refractivity contribution >= 4 is 10.5 Å². The predicted octanol–water partition coefficient (Wildman–Crippen LogP) is -0.928. The van der Waals surface area contributed by atoms with Gasteiger partial charge in [-0.1, -0.05) is 0 Å². The van der Waals surface area contributed by atoms with Crippen LogP contribution in [0.4, 0.5) is 0 Å². The molecule has 1 fully saturated rings. The molecular weight excluding hydrogens is 108 g/mol. The Kier molecular flexibility index (Phi) is 1.84. The van der Waals surface area contributed by atoms with Crippen LogP contribution in [0.2, 0.25) is 0 Å². The summed E-state index contributed by atoms with van der Waals surface area (Å²) in [7, 11) is 0.852. The highest BCUT2D eigenvalue weighted by Crippen LogP contribution is 2.04. The van der Waals surface area contributed by atoms with Crippen LogP contribution >= 0.6 is 0 Å². The molecule has 1 aliphatic heterocycles. The lowest BCUT2D eigenvalue weighted by atomic mass is 10.3. The summed E-state index contributed by atoms with van der Waals surface area (Å²) in [6, 6.07) is 0. The summed E-state index contributed by atoms with van der Waals surface area (Å²) in [6.45, 7) is 1.72. The summed E-state index contributed by atoms with van der Waals surface area (Å²) in [5, 5.41) is 0. The maximum Gasteiger partial charge on any atom is 0.146 e. The zero-order valence-electron chi connectivity index (χ0n) is 4.52. The fourth-order valence-corrected chi connectivity index (χ4v) is 1.07. The first kappa shape index (κ1) is 5.28. The van der Waals surface area contributed by atoms with Gasteiger partial charge >= 0.3 is 0 Å². The van der Waals surface area contributed by atoms with Crippen LogP contribution in [-0.4, -0.2) is 29.8 Å². The molecule has 1 rings (SSSR count). The second kappa shape index (κ2) is 2.45. The summed E-state index contributed by atoms with van der Waals surface area (Å²) in [5.74, 6) is 0. The average molecular weight is 118 g/mol. The highest BCUT2D eigenvalue weighted by molar-refractivity contribution is 5.98. The number of hydrogen-bond acceptors (Lipinski definition) is 2. The summed E-state index contributed by atoms with van der Waals surface area (Å²) in [5.41, 5.74) is 0. The van der Waals surface area contributed by atoms with Gasteiger partial charge in [-0.05, 0) is 6.42 Å². The molecular formula is C4H10O2Si. The van der Waals surface area contributed by atoms with Crippen LogP contribution in [0.25, 0.3) is 0 Å². The van der Waals surface area contributed by atoms with Crippen LogP contribution in [0.15, 0.2) is 0 Å². The zero-order valence-corrected chi connectivity index (χ0v) is 6.52. The van der Waals surface area contributed by atoms with Gasteiger partial charge in [-0.3, -0.25) is 0 Å². The van der Waals surface area contributed by atoms with Gasteiger partial charge < -0.3 is 9.16 Å². The van der Waals surface area contributed by atoms with Crippen LogP contribution in [-0.2, 0) is 9.16 Å². The van der Waals surface area contributed by atoms with E-state index in [1.807, 2.05) is 0 Å². The van der Waals surface area contributed by atoms with Crippen molar-refractivity contribution in [3.8, 4) is 0 Å². The molecule has 0 N–H and O–H groups in total. The van der Waals surface area contributed by atoms with Crippen molar-refractivity contribution in [3.05, 3.63) is 0 Å². The van der Waals surface area contributed by atoms with Gasteiger partial charge in [-0.2, -0.15) is 0 Å². The molecule has 1 aliphatic rings. The molecule has 0 saturated carbocycles. The van der Waals surface area contributed by atoms with Crippen molar-refractivity contribution in [2.24, 2.45) is 0 Å². The van der Waals surface area contributed by atoms with E-state index in [4.69, 9.17) is 9.16 Å². The topological polar surface area (TPSA) is 18.5 Å². The molecule has 2 nitrogen and oxygen atoms in total. The quantitative estimate of drug-likeness (QED) is 0.414. The first-order chi connectivity index (χ1) is 3.43. The fraction of sp³-hybridized carbons (Fsp3) is 1.00. The van der Waals surface area contributed by atoms with Crippen molar-refractivity contribution in [2.45, 2.75) is 12.5 Å². The van der Waals surface area contributed by atoms with Crippen molar-refractivity contribution < 1.29 is 9.16 Å². The number of rotatable bonds is 1. The maximum atomic E-state index is 5.12. The Bertz CT molecular complexity index is 51.7. The number of hydrogen-bond donors (Lipinski definition) is 0. The molecule has 0 bridgehead atoms. The van der Waals surface area contributed by atoms with E-state index in [-0.39, 0.29) is 0 Å². The van der Waals surface area contributed by atoms with Crippen LogP contribution in [0.1, 0.15) is 6.42 Å². The Morgan fingerprint density at radius 1 is 1.71 bits per heavy atom. The van der Waals surface area contributed by atoms with Gasteiger partial charge in [0.05, 0.1) is 12.7 Å². The molecule has 1 saturated heterocycles. The van der Waals surface area contributed by atoms with E-state index >= 15 is 0 Å². The average Bonchev–Trinajstić information content (AvgIpc) is 2.14. The fourth-order valence-electron chi connectivity index (χ4n) is 0.699. The van der Waals surface area contributed by atoms with Crippen molar-refractivity contribution in [1.82, 2.24) is 0 Å². The Labute approximate surface area is 46.3 Å². The van der Waals surface area contributed by atoms with Gasteiger partial charge in [0.15, 0.2) is 0 Å². The first-order valence-electron chi connectivity index (χ1n) is 2.54. The molecule has 1 unspecified atom stereocenters. The van der Waals surface area contributed by atoms with Crippen LogP contribution in [0, 0.1) is 0 Å². The summed E-state index contributed by atoms with van der Waals surface area (Å²) in [4.78, 5) is 0. The Morgan fingerprint density at radius 3 is 2.86 bits per heavy atom. The molecule has 1 heterocycles. The van der Waals surface area contributed by atoms with E-state index in [9.17, 15) is 0 Å². The Hall–Kier alpha value is 0.137. The van der Waals surface area contributed by atoms with E-state index in [2.05, 4.69) is 0 Å². The molecule has 0 aromatic heterocycles. The lowest BCUT2D eigenvalue weighted by Gasteiger charge is -2.01. The van der Waals surface area contributed by atoms with Crippen molar-refractivity contribution in [3.63, 3.8) is 0 Å². The van der Waals surface area contributed by atoms with Gasteiger partial charge in [0, 0.05) is 6.61 Å². The molecule has 7 heavy (non-hydrogen) atoms. The van der Waals surface area contributed by atoms with Gasteiger partial charge in [0.1, 0.15) is 10.5 Å². The summed E-state index contributed by atoms with van der Waals surface area (Å²) >= 11 is 0. The molecule has 0 amide bonds. The second-order valence-corrected chi connectivity index (χ2v) is 2.19. The van der Waals surface area contributed by atoms with Crippen molar-refractivity contribution in [2.75, 3.05) is 13.2 Å². The zero-order chi connectivity index (χ0) is 5.11. The van der Waals surface area contributed by atoms with Gasteiger partial charge in [-0.15, -0.1) is 0 Å². The largest absolute Gasteiger partial charge is 0.423 e. The van der Waals surface area contributed by atoms with Gasteiger partial charge in [0.2, 0.25) is 0 Å². The van der Waals surface area contributed by atoms with E-state index in [0.29, 0.717) is 6.10 Å².